The third-order valence-corrected chi connectivity index (χ3v) is 3.74. The second kappa shape index (κ2) is 7.92. The lowest BCUT2D eigenvalue weighted by Crippen LogP contribution is -2.21. The maximum Gasteiger partial charge on any atom is 0.248 e. The molecule has 0 aliphatic heterocycles. The molecule has 0 unspecified atom stereocenters. The minimum atomic E-state index is -0.535. The van der Waals surface area contributed by atoms with Gasteiger partial charge in [-0.2, -0.15) is 4.80 Å². The second-order valence-electron chi connectivity index (χ2n) is 5.55. The van der Waals surface area contributed by atoms with Crippen molar-refractivity contribution in [1.82, 2.24) is 20.2 Å². The van der Waals surface area contributed by atoms with Crippen molar-refractivity contribution in [1.29, 1.82) is 0 Å². The zero-order chi connectivity index (χ0) is 19.4. The van der Waals surface area contributed by atoms with Gasteiger partial charge in [0.05, 0.1) is 16.4 Å². The molecular formula is C17H14ClFN6O2. The molecule has 8 nitrogen and oxygen atoms in total. The highest BCUT2D eigenvalue weighted by molar-refractivity contribution is 6.34. The third kappa shape index (κ3) is 4.64. The van der Waals surface area contributed by atoms with Crippen LogP contribution in [0.4, 0.5) is 15.8 Å². The molecule has 27 heavy (non-hydrogen) atoms. The Morgan fingerprint density at radius 2 is 1.93 bits per heavy atom. The fraction of sp³-hybridized carbons (Fsp3) is 0.118. The normalized spacial score (nSPS) is 10.5. The molecule has 2 amide bonds. The van der Waals surface area contributed by atoms with Gasteiger partial charge in [-0.25, -0.2) is 4.39 Å². The molecule has 2 aromatic carbocycles. The molecule has 0 bridgehead atoms. The topological polar surface area (TPSA) is 102 Å². The van der Waals surface area contributed by atoms with E-state index in [1.807, 2.05) is 0 Å². The zero-order valence-corrected chi connectivity index (χ0v) is 14.9. The van der Waals surface area contributed by atoms with Crippen LogP contribution < -0.4 is 10.6 Å². The molecule has 1 aromatic heterocycles. The lowest BCUT2D eigenvalue weighted by atomic mass is 10.2. The van der Waals surface area contributed by atoms with E-state index in [4.69, 9.17) is 11.6 Å². The van der Waals surface area contributed by atoms with Gasteiger partial charge in [0.2, 0.25) is 17.6 Å². The first-order valence-electron chi connectivity index (χ1n) is 7.82. The summed E-state index contributed by atoms with van der Waals surface area (Å²) in [6.07, 6.45) is 0. The Hall–Kier alpha value is -3.33. The van der Waals surface area contributed by atoms with E-state index in [2.05, 4.69) is 26.0 Å². The fourth-order valence-corrected chi connectivity index (χ4v) is 2.48. The van der Waals surface area contributed by atoms with Crippen molar-refractivity contribution >= 4 is 34.8 Å². The molecule has 0 fully saturated rings. The number of rotatable bonds is 5. The van der Waals surface area contributed by atoms with Crippen LogP contribution in [0.5, 0.6) is 0 Å². The number of aromatic nitrogens is 4. The maximum absolute atomic E-state index is 13.6. The van der Waals surface area contributed by atoms with Crippen molar-refractivity contribution in [3.8, 4) is 11.4 Å². The summed E-state index contributed by atoms with van der Waals surface area (Å²) in [6.45, 7) is 1.14. The van der Waals surface area contributed by atoms with Crippen LogP contribution in [0, 0.1) is 5.82 Å². The molecule has 2 N–H and O–H groups in total. The van der Waals surface area contributed by atoms with Crippen molar-refractivity contribution in [3.05, 3.63) is 53.3 Å². The standard InChI is InChI=1S/C17H14ClFN6O2/c1-10(26)20-14-7-6-11(8-12(14)18)17-22-24-25(23-17)9-16(27)21-15-5-3-2-4-13(15)19/h2-8H,9H2,1H3,(H,20,26)(H,21,27). The molecular weight excluding hydrogens is 375 g/mol. The fourth-order valence-electron chi connectivity index (χ4n) is 2.25. The number of nitrogens with one attached hydrogen (secondary N) is 2. The van der Waals surface area contributed by atoms with Crippen LogP contribution in [-0.2, 0) is 16.1 Å². The van der Waals surface area contributed by atoms with Crippen molar-refractivity contribution in [2.45, 2.75) is 13.5 Å². The Bertz CT molecular complexity index is 1010. The Morgan fingerprint density at radius 3 is 2.63 bits per heavy atom. The number of hydrogen-bond acceptors (Lipinski definition) is 5. The molecule has 0 aliphatic carbocycles. The number of anilines is 2. The highest BCUT2D eigenvalue weighted by Gasteiger charge is 2.12. The van der Waals surface area contributed by atoms with Crippen molar-refractivity contribution in [3.63, 3.8) is 0 Å². The van der Waals surface area contributed by atoms with Gasteiger partial charge in [0.25, 0.3) is 0 Å². The van der Waals surface area contributed by atoms with Gasteiger partial charge in [0.15, 0.2) is 0 Å². The first-order chi connectivity index (χ1) is 12.9. The number of nitrogens with zero attached hydrogens (tertiary/aromatic N) is 4. The quantitative estimate of drug-likeness (QED) is 0.699. The molecule has 0 atom stereocenters. The highest BCUT2D eigenvalue weighted by Crippen LogP contribution is 2.26. The smallest absolute Gasteiger partial charge is 0.248 e. The minimum absolute atomic E-state index is 0.0724. The van der Waals surface area contributed by atoms with Gasteiger partial charge in [0.1, 0.15) is 12.4 Å². The van der Waals surface area contributed by atoms with E-state index in [-0.39, 0.29) is 24.0 Å². The average Bonchev–Trinajstić information content (AvgIpc) is 3.07. The van der Waals surface area contributed by atoms with Gasteiger partial charge in [-0.15, -0.1) is 10.2 Å². The summed E-state index contributed by atoms with van der Waals surface area (Å²) in [5, 5.41) is 17.1. The van der Waals surface area contributed by atoms with Gasteiger partial charge in [0, 0.05) is 12.5 Å². The van der Waals surface area contributed by atoms with E-state index in [1.54, 1.807) is 24.3 Å². The SMILES string of the molecule is CC(=O)Nc1ccc(-c2nnn(CC(=O)Nc3ccccc3F)n2)cc1Cl. The van der Waals surface area contributed by atoms with Crippen LogP contribution in [0.3, 0.4) is 0 Å². The van der Waals surface area contributed by atoms with Gasteiger partial charge >= 0.3 is 0 Å². The average molecular weight is 389 g/mol. The summed E-state index contributed by atoms with van der Waals surface area (Å²) in [6, 6.07) is 10.7. The predicted octanol–water partition coefficient (Wildman–Crippen LogP) is 2.73. The number of halogens is 2. The molecule has 138 valence electrons. The van der Waals surface area contributed by atoms with Crippen LogP contribution in [-0.4, -0.2) is 32.0 Å². The minimum Gasteiger partial charge on any atom is -0.325 e. The lowest BCUT2D eigenvalue weighted by molar-refractivity contribution is -0.117. The third-order valence-electron chi connectivity index (χ3n) is 3.42. The second-order valence-corrected chi connectivity index (χ2v) is 5.95. The summed E-state index contributed by atoms with van der Waals surface area (Å²) >= 11 is 6.12. The molecule has 3 rings (SSSR count). The summed E-state index contributed by atoms with van der Waals surface area (Å²) in [7, 11) is 0. The first kappa shape index (κ1) is 18.5. The maximum atomic E-state index is 13.6. The Balaban J connectivity index is 1.69. The van der Waals surface area contributed by atoms with Crippen molar-refractivity contribution < 1.29 is 14.0 Å². The van der Waals surface area contributed by atoms with E-state index in [1.165, 1.54) is 25.1 Å². The van der Waals surface area contributed by atoms with Crippen LogP contribution >= 0.6 is 11.6 Å². The van der Waals surface area contributed by atoms with Crippen molar-refractivity contribution in [2.24, 2.45) is 0 Å². The highest BCUT2D eigenvalue weighted by atomic mass is 35.5. The number of tetrazole rings is 1. The summed E-state index contributed by atoms with van der Waals surface area (Å²) in [4.78, 5) is 24.2. The predicted molar refractivity (Wildman–Crippen MR) is 97.6 cm³/mol. The van der Waals surface area contributed by atoms with Crippen LogP contribution in [0.1, 0.15) is 6.92 Å². The molecule has 0 saturated carbocycles. The van der Waals surface area contributed by atoms with E-state index in [0.717, 1.165) is 4.80 Å². The van der Waals surface area contributed by atoms with Gasteiger partial charge < -0.3 is 10.6 Å². The monoisotopic (exact) mass is 388 g/mol. The van der Waals surface area contributed by atoms with Crippen LogP contribution in [0.15, 0.2) is 42.5 Å². The molecule has 0 radical (unpaired) electrons. The molecule has 0 saturated heterocycles. The van der Waals surface area contributed by atoms with E-state index in [9.17, 15) is 14.0 Å². The van der Waals surface area contributed by atoms with Crippen molar-refractivity contribution in [2.75, 3.05) is 10.6 Å². The molecule has 10 heteroatoms. The Labute approximate surface area is 158 Å². The Morgan fingerprint density at radius 1 is 1.15 bits per heavy atom. The van der Waals surface area contributed by atoms with E-state index >= 15 is 0 Å². The van der Waals surface area contributed by atoms with E-state index < -0.39 is 11.7 Å². The van der Waals surface area contributed by atoms with Gasteiger partial charge in [-0.05, 0) is 35.5 Å². The summed E-state index contributed by atoms with van der Waals surface area (Å²) in [5.74, 6) is -1.02. The molecule has 3 aromatic rings. The number of carbonyl (C=O) groups excluding carboxylic acids is 2. The number of para-hydroxylation sites is 1. The number of carbonyl (C=O) groups is 2. The van der Waals surface area contributed by atoms with Gasteiger partial charge in [-0.1, -0.05) is 23.7 Å². The van der Waals surface area contributed by atoms with Crippen LogP contribution in [0.2, 0.25) is 5.02 Å². The number of hydrogen-bond donors (Lipinski definition) is 2. The number of benzene rings is 2. The van der Waals surface area contributed by atoms with Crippen LogP contribution in [0.25, 0.3) is 11.4 Å². The largest absolute Gasteiger partial charge is 0.325 e. The van der Waals surface area contributed by atoms with E-state index in [0.29, 0.717) is 16.3 Å². The first-order valence-corrected chi connectivity index (χ1v) is 8.20. The number of amides is 2. The summed E-state index contributed by atoms with van der Waals surface area (Å²) < 4.78 is 13.6. The molecule has 0 aliphatic rings. The zero-order valence-electron chi connectivity index (χ0n) is 14.1. The van der Waals surface area contributed by atoms with Gasteiger partial charge in [-0.3, -0.25) is 9.59 Å². The summed E-state index contributed by atoms with van der Waals surface area (Å²) in [5.41, 5.74) is 1.10. The molecule has 1 heterocycles. The Kier molecular flexibility index (Phi) is 5.41. The molecule has 0 spiro atoms. The lowest BCUT2D eigenvalue weighted by Gasteiger charge is -2.06.